The van der Waals surface area contributed by atoms with Crippen LogP contribution >= 0.6 is 11.6 Å². The largest absolute Gasteiger partial charge is 0.385 e. The molecule has 2 aromatic rings. The van der Waals surface area contributed by atoms with Gasteiger partial charge in [0, 0.05) is 17.3 Å². The highest BCUT2D eigenvalue weighted by Crippen LogP contribution is 2.52. The molecule has 5 atom stereocenters. The first-order valence-corrected chi connectivity index (χ1v) is 13.0. The molecule has 0 saturated heterocycles. The molecule has 7 nitrogen and oxygen atoms in total. The Bertz CT molecular complexity index is 1280. The standard InChI is InChI=1S/C24H24ClF2NO6S/c1-12(29)22(30)24(32)14-3-4-15(24)10-17(9-14)35(33,34)21-8-13(2-6-18(21)25)23(31)28-16-5-7-19(26)20(27)11-16/h2,5-8,11-12,14-15,17,29,32H,3-4,9-10H2,1H3,(H,28,31)/t12-,14-,15?,17-,24-/m0/s1. The number of carbonyl (C=O) groups is 2. The van der Waals surface area contributed by atoms with Crippen LogP contribution < -0.4 is 5.32 Å². The number of aliphatic hydroxyl groups excluding tert-OH is 1. The van der Waals surface area contributed by atoms with E-state index in [-0.39, 0.29) is 34.0 Å². The van der Waals surface area contributed by atoms with E-state index in [1.54, 1.807) is 0 Å². The number of hydrogen-bond acceptors (Lipinski definition) is 6. The number of hydrogen-bond donors (Lipinski definition) is 3. The van der Waals surface area contributed by atoms with Crippen molar-refractivity contribution < 1.29 is 37.0 Å². The van der Waals surface area contributed by atoms with E-state index in [1.807, 2.05) is 0 Å². The maximum Gasteiger partial charge on any atom is 0.255 e. The van der Waals surface area contributed by atoms with Gasteiger partial charge in [-0.05, 0) is 74.8 Å². The molecule has 0 spiro atoms. The Morgan fingerprint density at radius 2 is 1.71 bits per heavy atom. The van der Waals surface area contributed by atoms with Crippen LogP contribution in [0.5, 0.6) is 0 Å². The van der Waals surface area contributed by atoms with Gasteiger partial charge in [0.2, 0.25) is 0 Å². The molecule has 2 saturated carbocycles. The zero-order valence-corrected chi connectivity index (χ0v) is 20.2. The first kappa shape index (κ1) is 25.7. The maximum atomic E-state index is 13.5. The highest BCUT2D eigenvalue weighted by molar-refractivity contribution is 7.92. The summed E-state index contributed by atoms with van der Waals surface area (Å²) in [6.45, 7) is 1.28. The van der Waals surface area contributed by atoms with Gasteiger partial charge in [-0.2, -0.15) is 0 Å². The third-order valence-electron chi connectivity index (χ3n) is 7.09. The second-order valence-electron chi connectivity index (χ2n) is 9.20. The van der Waals surface area contributed by atoms with Crippen molar-refractivity contribution in [3.05, 3.63) is 58.6 Å². The number of benzene rings is 2. The van der Waals surface area contributed by atoms with Crippen molar-refractivity contribution in [3.63, 3.8) is 0 Å². The Kier molecular flexibility index (Phi) is 6.78. The summed E-state index contributed by atoms with van der Waals surface area (Å²) in [5.41, 5.74) is -1.84. The summed E-state index contributed by atoms with van der Waals surface area (Å²) in [5, 5.41) is 22.2. The minimum absolute atomic E-state index is 0.00933. The first-order valence-electron chi connectivity index (χ1n) is 11.1. The zero-order valence-electron chi connectivity index (χ0n) is 18.7. The van der Waals surface area contributed by atoms with Gasteiger partial charge in [-0.25, -0.2) is 17.2 Å². The number of Topliss-reactive ketones (excluding diaryl/α,β-unsaturated/α-hetero) is 1. The van der Waals surface area contributed by atoms with Crippen LogP contribution in [0.15, 0.2) is 41.3 Å². The summed E-state index contributed by atoms with van der Waals surface area (Å²) >= 11 is 6.20. The molecule has 35 heavy (non-hydrogen) atoms. The number of carbonyl (C=O) groups excluding carboxylic acids is 2. The second-order valence-corrected chi connectivity index (χ2v) is 11.8. The highest BCUT2D eigenvalue weighted by atomic mass is 35.5. The van der Waals surface area contributed by atoms with E-state index in [0.29, 0.717) is 12.8 Å². The van der Waals surface area contributed by atoms with Crippen molar-refractivity contribution in [1.29, 1.82) is 0 Å². The van der Waals surface area contributed by atoms with E-state index in [9.17, 15) is 37.0 Å². The third-order valence-corrected chi connectivity index (χ3v) is 9.75. The number of rotatable bonds is 6. The number of amides is 1. The third kappa shape index (κ3) is 4.48. The molecule has 0 aliphatic heterocycles. The van der Waals surface area contributed by atoms with Gasteiger partial charge in [0.25, 0.3) is 5.91 Å². The fourth-order valence-electron chi connectivity index (χ4n) is 5.31. The Morgan fingerprint density at radius 3 is 2.29 bits per heavy atom. The zero-order chi connectivity index (χ0) is 25.7. The van der Waals surface area contributed by atoms with Crippen LogP contribution in [-0.2, 0) is 14.6 Å². The number of nitrogens with one attached hydrogen (secondary N) is 1. The van der Waals surface area contributed by atoms with Crippen molar-refractivity contribution >= 4 is 38.8 Å². The lowest BCUT2D eigenvalue weighted by atomic mass is 9.71. The van der Waals surface area contributed by atoms with Crippen molar-refractivity contribution in [3.8, 4) is 0 Å². The van der Waals surface area contributed by atoms with Crippen LogP contribution in [0.1, 0.15) is 43.0 Å². The van der Waals surface area contributed by atoms with Crippen LogP contribution in [0.2, 0.25) is 5.02 Å². The molecule has 2 aliphatic carbocycles. The summed E-state index contributed by atoms with van der Waals surface area (Å²) in [5.74, 6) is -4.92. The second kappa shape index (κ2) is 9.24. The van der Waals surface area contributed by atoms with Crippen molar-refractivity contribution in [2.24, 2.45) is 11.8 Å². The summed E-state index contributed by atoms with van der Waals surface area (Å²) in [4.78, 5) is 24.9. The fraction of sp³-hybridized carbons (Fsp3) is 0.417. The lowest BCUT2D eigenvalue weighted by Crippen LogP contribution is -2.56. The first-order chi connectivity index (χ1) is 16.4. The van der Waals surface area contributed by atoms with Gasteiger partial charge in [-0.1, -0.05) is 11.6 Å². The predicted molar refractivity (Wildman–Crippen MR) is 124 cm³/mol. The lowest BCUT2D eigenvalue weighted by Gasteiger charge is -2.41. The van der Waals surface area contributed by atoms with Gasteiger partial charge in [0.05, 0.1) is 15.2 Å². The molecule has 4 rings (SSSR count). The number of aliphatic hydroxyl groups is 2. The molecule has 0 radical (unpaired) electrons. The normalized spacial score (nSPS) is 26.9. The molecule has 1 amide bonds. The van der Waals surface area contributed by atoms with E-state index in [4.69, 9.17) is 11.6 Å². The Labute approximate surface area is 206 Å². The molecule has 2 aromatic carbocycles. The van der Waals surface area contributed by atoms with Gasteiger partial charge in [-0.15, -0.1) is 0 Å². The SMILES string of the molecule is C[C@H](O)C(=O)[C@@]1(O)C2CC[C@H]1C[C@H](S(=O)(=O)c1cc(C(=O)Nc3ccc(F)c(F)c3)ccc1Cl)C2. The topological polar surface area (TPSA) is 121 Å². The number of anilines is 1. The monoisotopic (exact) mass is 527 g/mol. The van der Waals surface area contributed by atoms with Gasteiger partial charge in [0.1, 0.15) is 11.7 Å². The minimum Gasteiger partial charge on any atom is -0.385 e. The van der Waals surface area contributed by atoms with E-state index in [1.165, 1.54) is 19.1 Å². The van der Waals surface area contributed by atoms with Crippen molar-refractivity contribution in [2.75, 3.05) is 5.32 Å². The van der Waals surface area contributed by atoms with E-state index < -0.39 is 62.0 Å². The average molecular weight is 528 g/mol. The smallest absolute Gasteiger partial charge is 0.255 e. The van der Waals surface area contributed by atoms with Gasteiger partial charge in [0.15, 0.2) is 27.3 Å². The summed E-state index contributed by atoms with van der Waals surface area (Å²) in [7, 11) is -4.06. The molecule has 2 fully saturated rings. The highest BCUT2D eigenvalue weighted by Gasteiger charge is 2.60. The molecule has 2 aliphatic rings. The molecule has 2 bridgehead atoms. The van der Waals surface area contributed by atoms with Crippen molar-refractivity contribution in [1.82, 2.24) is 0 Å². The molecule has 3 N–H and O–H groups in total. The van der Waals surface area contributed by atoms with Crippen molar-refractivity contribution in [2.45, 2.75) is 54.5 Å². The van der Waals surface area contributed by atoms with E-state index in [2.05, 4.69) is 5.32 Å². The lowest BCUT2D eigenvalue weighted by molar-refractivity contribution is -0.157. The average Bonchev–Trinajstić information content (AvgIpc) is 2.97. The van der Waals surface area contributed by atoms with Crippen LogP contribution in [0.25, 0.3) is 0 Å². The molecule has 188 valence electrons. The quantitative estimate of drug-likeness (QED) is 0.528. The van der Waals surface area contributed by atoms with E-state index >= 15 is 0 Å². The van der Waals surface area contributed by atoms with E-state index in [0.717, 1.165) is 24.3 Å². The number of sulfone groups is 1. The van der Waals surface area contributed by atoms with Crippen LogP contribution in [0.4, 0.5) is 14.5 Å². The molecular weight excluding hydrogens is 504 g/mol. The molecule has 0 heterocycles. The van der Waals surface area contributed by atoms with Crippen LogP contribution in [0, 0.1) is 23.5 Å². The van der Waals surface area contributed by atoms with Gasteiger partial charge < -0.3 is 15.5 Å². The molecule has 0 aromatic heterocycles. The Balaban J connectivity index is 1.59. The van der Waals surface area contributed by atoms with Gasteiger partial charge >= 0.3 is 0 Å². The maximum absolute atomic E-state index is 13.5. The summed E-state index contributed by atoms with van der Waals surface area (Å²) in [6.07, 6.45) is -0.438. The fourth-order valence-corrected chi connectivity index (χ4v) is 7.71. The Morgan fingerprint density at radius 1 is 1.09 bits per heavy atom. The minimum atomic E-state index is -4.06. The summed E-state index contributed by atoms with van der Waals surface area (Å²) < 4.78 is 53.7. The number of fused-ring (bicyclic) bond motifs is 2. The van der Waals surface area contributed by atoms with Crippen LogP contribution in [-0.4, -0.2) is 47.3 Å². The molecule has 11 heteroatoms. The predicted octanol–water partition coefficient (Wildman–Crippen LogP) is 3.51. The Hall–Kier alpha value is -2.40. The molecule has 1 unspecified atom stereocenters. The number of ketones is 1. The number of halogens is 3. The van der Waals surface area contributed by atoms with Crippen LogP contribution in [0.3, 0.4) is 0 Å². The summed E-state index contributed by atoms with van der Waals surface area (Å²) in [6, 6.07) is 6.51. The molecular formula is C24H24ClF2NO6S. The van der Waals surface area contributed by atoms with Gasteiger partial charge in [-0.3, -0.25) is 9.59 Å².